The summed E-state index contributed by atoms with van der Waals surface area (Å²) in [6.45, 7) is 3.30. The van der Waals surface area contributed by atoms with E-state index >= 15 is 0 Å². The molecule has 148 valence electrons. The van der Waals surface area contributed by atoms with E-state index in [4.69, 9.17) is 11.6 Å². The van der Waals surface area contributed by atoms with Gasteiger partial charge >= 0.3 is 0 Å². The van der Waals surface area contributed by atoms with Gasteiger partial charge in [-0.3, -0.25) is 4.99 Å². The number of guanidine groups is 1. The first kappa shape index (κ1) is 23.7. The second kappa shape index (κ2) is 11.5. The monoisotopic (exact) mass is 522 g/mol. The number of hydrogen-bond acceptors (Lipinski definition) is 3. The minimum absolute atomic E-state index is 0. The van der Waals surface area contributed by atoms with Gasteiger partial charge in [-0.2, -0.15) is 0 Å². The Morgan fingerprint density at radius 3 is 2.48 bits per heavy atom. The maximum atomic E-state index is 12.2. The molecule has 27 heavy (non-hydrogen) atoms. The average Bonchev–Trinajstić information content (AvgIpc) is 2.61. The highest BCUT2D eigenvalue weighted by Crippen LogP contribution is 2.14. The molecule has 0 amide bonds. The smallest absolute Gasteiger partial charge is 0.240 e. The maximum absolute atomic E-state index is 12.2. The Hall–Kier alpha value is -1.36. The molecular weight excluding hydrogens is 499 g/mol. The highest BCUT2D eigenvalue weighted by Gasteiger charge is 2.13. The summed E-state index contributed by atoms with van der Waals surface area (Å²) in [5, 5.41) is 6.65. The molecule has 6 nitrogen and oxygen atoms in total. The molecule has 3 N–H and O–H groups in total. The van der Waals surface area contributed by atoms with Gasteiger partial charge in [-0.25, -0.2) is 13.1 Å². The van der Waals surface area contributed by atoms with Gasteiger partial charge in [0.2, 0.25) is 10.0 Å². The molecule has 2 aromatic rings. The maximum Gasteiger partial charge on any atom is 0.240 e. The standard InChI is InChI=1S/C18H23ClN4O2S.HI/c1-14-5-3-6-15(11-14)13-22-18(20-2)21-9-10-23-26(24,25)17-8-4-7-16(19)12-17;/h3-8,11-12,23H,9-10,13H2,1-2H3,(H2,20,21,22);1H. The second-order valence-corrected chi connectivity index (χ2v) is 7.90. The minimum Gasteiger partial charge on any atom is -0.355 e. The zero-order valence-electron chi connectivity index (χ0n) is 15.2. The Bertz CT molecular complexity index is 875. The summed E-state index contributed by atoms with van der Waals surface area (Å²) in [6.07, 6.45) is 0. The molecule has 2 rings (SSSR count). The predicted octanol–water partition coefficient (Wildman–Crippen LogP) is 2.91. The first-order valence-electron chi connectivity index (χ1n) is 8.16. The Balaban J connectivity index is 0.00000364. The van der Waals surface area contributed by atoms with Crippen LogP contribution >= 0.6 is 35.6 Å². The van der Waals surface area contributed by atoms with E-state index in [2.05, 4.69) is 26.4 Å². The van der Waals surface area contributed by atoms with Crippen molar-refractivity contribution >= 4 is 51.6 Å². The molecule has 0 spiro atoms. The van der Waals surface area contributed by atoms with Crippen molar-refractivity contribution in [1.82, 2.24) is 15.4 Å². The van der Waals surface area contributed by atoms with E-state index in [1.165, 1.54) is 17.7 Å². The van der Waals surface area contributed by atoms with Gasteiger partial charge < -0.3 is 10.6 Å². The first-order chi connectivity index (χ1) is 12.4. The summed E-state index contributed by atoms with van der Waals surface area (Å²) in [6, 6.07) is 14.3. The lowest BCUT2D eigenvalue weighted by molar-refractivity contribution is 0.580. The third-order valence-electron chi connectivity index (χ3n) is 3.58. The highest BCUT2D eigenvalue weighted by atomic mass is 127. The molecule has 2 aromatic carbocycles. The molecule has 0 aromatic heterocycles. The number of rotatable bonds is 7. The van der Waals surface area contributed by atoms with Crippen molar-refractivity contribution in [3.8, 4) is 0 Å². The van der Waals surface area contributed by atoms with Crippen LogP contribution in [0, 0.1) is 6.92 Å². The topological polar surface area (TPSA) is 82.6 Å². The number of halogens is 2. The van der Waals surface area contributed by atoms with E-state index in [0.717, 1.165) is 5.56 Å². The van der Waals surface area contributed by atoms with E-state index in [9.17, 15) is 8.42 Å². The Morgan fingerprint density at radius 2 is 1.81 bits per heavy atom. The van der Waals surface area contributed by atoms with Crippen LogP contribution in [0.5, 0.6) is 0 Å². The van der Waals surface area contributed by atoms with Gasteiger partial charge in [0.15, 0.2) is 5.96 Å². The van der Waals surface area contributed by atoms with Crippen molar-refractivity contribution in [1.29, 1.82) is 0 Å². The summed E-state index contributed by atoms with van der Waals surface area (Å²) in [5.74, 6) is 0.605. The highest BCUT2D eigenvalue weighted by molar-refractivity contribution is 14.0. The Kier molecular flexibility index (Phi) is 10.1. The van der Waals surface area contributed by atoms with E-state index in [1.807, 2.05) is 25.1 Å². The van der Waals surface area contributed by atoms with Crippen molar-refractivity contribution in [2.75, 3.05) is 20.1 Å². The summed E-state index contributed by atoms with van der Waals surface area (Å²) in [5.41, 5.74) is 2.34. The van der Waals surface area contributed by atoms with Crippen molar-refractivity contribution in [3.05, 3.63) is 64.7 Å². The number of benzene rings is 2. The zero-order valence-corrected chi connectivity index (χ0v) is 19.1. The van der Waals surface area contributed by atoms with Crippen molar-refractivity contribution in [2.45, 2.75) is 18.4 Å². The van der Waals surface area contributed by atoms with Crippen molar-refractivity contribution in [2.24, 2.45) is 4.99 Å². The van der Waals surface area contributed by atoms with Crippen LogP contribution in [0.15, 0.2) is 58.4 Å². The molecule has 0 aliphatic rings. The third-order valence-corrected chi connectivity index (χ3v) is 5.28. The number of nitrogens with one attached hydrogen (secondary N) is 3. The predicted molar refractivity (Wildman–Crippen MR) is 121 cm³/mol. The third kappa shape index (κ3) is 8.04. The SMILES string of the molecule is CN=C(NCCNS(=O)(=O)c1cccc(Cl)c1)NCc1cccc(C)c1.I. The molecular formula is C18H24ClIN4O2S. The molecule has 0 bridgehead atoms. The van der Waals surface area contributed by atoms with Crippen molar-refractivity contribution in [3.63, 3.8) is 0 Å². The van der Waals surface area contributed by atoms with Crippen LogP contribution in [0.4, 0.5) is 0 Å². The largest absolute Gasteiger partial charge is 0.355 e. The lowest BCUT2D eigenvalue weighted by atomic mass is 10.1. The van der Waals surface area contributed by atoms with E-state index in [0.29, 0.717) is 24.1 Å². The quantitative estimate of drug-likeness (QED) is 0.226. The normalized spacial score (nSPS) is 11.6. The summed E-state index contributed by atoms with van der Waals surface area (Å²) >= 11 is 5.84. The van der Waals surface area contributed by atoms with Gasteiger partial charge in [0.05, 0.1) is 4.90 Å². The number of nitrogens with zero attached hydrogens (tertiary/aromatic N) is 1. The van der Waals surface area contributed by atoms with Crippen molar-refractivity contribution < 1.29 is 8.42 Å². The van der Waals surface area contributed by atoms with E-state index in [1.54, 1.807) is 19.2 Å². The van der Waals surface area contributed by atoms with Crippen LogP contribution in [-0.4, -0.2) is 34.5 Å². The fourth-order valence-corrected chi connectivity index (χ4v) is 3.64. The molecule has 9 heteroatoms. The molecule has 0 saturated heterocycles. The van der Waals surface area contributed by atoms with Crippen LogP contribution in [0.2, 0.25) is 5.02 Å². The molecule has 0 aliphatic carbocycles. The number of aliphatic imine (C=N–C) groups is 1. The fraction of sp³-hybridized carbons (Fsp3) is 0.278. The summed E-state index contributed by atoms with van der Waals surface area (Å²) in [7, 11) is -1.91. The van der Waals surface area contributed by atoms with Crippen LogP contribution in [0.1, 0.15) is 11.1 Å². The lowest BCUT2D eigenvalue weighted by Crippen LogP contribution is -2.41. The number of hydrogen-bond donors (Lipinski definition) is 3. The van der Waals surface area contributed by atoms with Crippen LogP contribution in [0.3, 0.4) is 0 Å². The van der Waals surface area contributed by atoms with Crippen LogP contribution < -0.4 is 15.4 Å². The van der Waals surface area contributed by atoms with Gasteiger partial charge in [0, 0.05) is 31.7 Å². The van der Waals surface area contributed by atoms with Crippen LogP contribution in [0.25, 0.3) is 0 Å². The molecule has 0 fully saturated rings. The van der Waals surface area contributed by atoms with Gasteiger partial charge in [-0.15, -0.1) is 24.0 Å². The van der Waals surface area contributed by atoms with Crippen LogP contribution in [-0.2, 0) is 16.6 Å². The molecule has 0 saturated carbocycles. The number of sulfonamides is 1. The molecule has 0 unspecified atom stereocenters. The Morgan fingerprint density at radius 1 is 1.07 bits per heavy atom. The van der Waals surface area contributed by atoms with Gasteiger partial charge in [0.1, 0.15) is 0 Å². The Labute approximate surface area is 182 Å². The molecule has 0 heterocycles. The van der Waals surface area contributed by atoms with Gasteiger partial charge in [-0.1, -0.05) is 47.5 Å². The van der Waals surface area contributed by atoms with Gasteiger partial charge in [0.25, 0.3) is 0 Å². The molecule has 0 atom stereocenters. The molecule has 0 aliphatic heterocycles. The molecule has 0 radical (unpaired) electrons. The lowest BCUT2D eigenvalue weighted by Gasteiger charge is -2.13. The number of aryl methyl sites for hydroxylation is 1. The van der Waals surface area contributed by atoms with E-state index < -0.39 is 10.0 Å². The first-order valence-corrected chi connectivity index (χ1v) is 10.0. The fourth-order valence-electron chi connectivity index (χ4n) is 2.31. The average molecular weight is 523 g/mol. The van der Waals surface area contributed by atoms with E-state index in [-0.39, 0.29) is 35.4 Å². The zero-order chi connectivity index (χ0) is 19.0. The second-order valence-electron chi connectivity index (χ2n) is 5.70. The summed E-state index contributed by atoms with van der Waals surface area (Å²) < 4.78 is 26.9. The summed E-state index contributed by atoms with van der Waals surface area (Å²) in [4.78, 5) is 4.27. The van der Waals surface area contributed by atoms with Gasteiger partial charge in [-0.05, 0) is 30.7 Å². The minimum atomic E-state index is -3.58.